The third-order valence-corrected chi connectivity index (χ3v) is 6.38. The van der Waals surface area contributed by atoms with E-state index in [-0.39, 0.29) is 6.42 Å². The second-order valence-electron chi connectivity index (χ2n) is 7.18. The zero-order chi connectivity index (χ0) is 16.2. The molecule has 0 radical (unpaired) electrons. The Labute approximate surface area is 126 Å². The Morgan fingerprint density at radius 1 is 1.45 bits per heavy atom. The number of aliphatic carboxylic acids is 1. The molecule has 22 heavy (non-hydrogen) atoms. The van der Waals surface area contributed by atoms with E-state index < -0.39 is 58.7 Å². The maximum absolute atomic E-state index is 12.3. The van der Waals surface area contributed by atoms with Crippen LogP contribution >= 0.6 is 0 Å². The van der Waals surface area contributed by atoms with Gasteiger partial charge in [0.25, 0.3) is 0 Å². The predicted octanol–water partition coefficient (Wildman–Crippen LogP) is -0.542. The van der Waals surface area contributed by atoms with E-state index in [0.29, 0.717) is 5.57 Å². The van der Waals surface area contributed by atoms with Crippen molar-refractivity contribution in [2.45, 2.75) is 49.8 Å². The molecular weight excluding hydrogens is 292 g/mol. The molecule has 120 valence electrons. The zero-order valence-electron chi connectivity index (χ0n) is 12.3. The van der Waals surface area contributed by atoms with Gasteiger partial charge in [-0.15, -0.1) is 0 Å². The number of esters is 1. The normalized spacial score (nSPS) is 57.8. The maximum Gasteiger partial charge on any atom is 0.342 e. The SMILES string of the molecule is C=C(C)[C@H]1[C@H](O)[C@H]2OC(=O)[C@@]34O[C@H]3C[C@](O)([C@@H]1C(=O)O)[C@@]24C. The van der Waals surface area contributed by atoms with Crippen molar-refractivity contribution < 1.29 is 34.4 Å². The number of epoxide rings is 1. The summed E-state index contributed by atoms with van der Waals surface area (Å²) in [4.78, 5) is 24.1. The summed E-state index contributed by atoms with van der Waals surface area (Å²) >= 11 is 0. The van der Waals surface area contributed by atoms with Gasteiger partial charge in [0.05, 0.1) is 23.0 Å². The predicted molar refractivity (Wildman–Crippen MR) is 70.6 cm³/mol. The molecule has 2 saturated heterocycles. The minimum atomic E-state index is -1.69. The number of aliphatic hydroxyl groups excluding tert-OH is 1. The van der Waals surface area contributed by atoms with E-state index in [1.807, 2.05) is 0 Å². The van der Waals surface area contributed by atoms with Crippen LogP contribution in [0.25, 0.3) is 0 Å². The summed E-state index contributed by atoms with van der Waals surface area (Å²) < 4.78 is 10.8. The molecule has 2 heterocycles. The van der Waals surface area contributed by atoms with Gasteiger partial charge in [-0.2, -0.15) is 0 Å². The molecule has 4 rings (SSSR count). The molecule has 2 saturated carbocycles. The fourth-order valence-corrected chi connectivity index (χ4v) is 5.30. The van der Waals surface area contributed by atoms with Crippen LogP contribution in [0.2, 0.25) is 0 Å². The second-order valence-corrected chi connectivity index (χ2v) is 7.18. The Bertz CT molecular complexity index is 629. The topological polar surface area (TPSA) is 117 Å². The molecule has 3 N–H and O–H groups in total. The van der Waals surface area contributed by atoms with Crippen LogP contribution in [0.3, 0.4) is 0 Å². The minimum absolute atomic E-state index is 0.0442. The van der Waals surface area contributed by atoms with Crippen molar-refractivity contribution >= 4 is 11.9 Å². The molecule has 0 bridgehead atoms. The second kappa shape index (κ2) is 3.55. The summed E-state index contributed by atoms with van der Waals surface area (Å²) in [7, 11) is 0. The lowest BCUT2D eigenvalue weighted by Crippen LogP contribution is -2.70. The van der Waals surface area contributed by atoms with Gasteiger partial charge in [0.1, 0.15) is 12.2 Å². The van der Waals surface area contributed by atoms with Crippen molar-refractivity contribution in [2.24, 2.45) is 17.3 Å². The number of carboxylic acid groups (broad SMARTS) is 1. The Kier molecular flexibility index (Phi) is 2.29. The average molecular weight is 310 g/mol. The van der Waals surface area contributed by atoms with E-state index in [2.05, 4.69) is 6.58 Å². The van der Waals surface area contributed by atoms with Gasteiger partial charge in [0, 0.05) is 12.3 Å². The van der Waals surface area contributed by atoms with Crippen LogP contribution in [-0.4, -0.2) is 56.8 Å². The third kappa shape index (κ3) is 1.09. The highest BCUT2D eigenvalue weighted by Crippen LogP contribution is 2.75. The number of rotatable bonds is 2. The van der Waals surface area contributed by atoms with Crippen molar-refractivity contribution in [3.8, 4) is 0 Å². The lowest BCUT2D eigenvalue weighted by atomic mass is 9.52. The first kappa shape index (κ1) is 14.2. The van der Waals surface area contributed by atoms with Gasteiger partial charge in [0.2, 0.25) is 5.60 Å². The monoisotopic (exact) mass is 310 g/mol. The number of carbonyl (C=O) groups excluding carboxylic acids is 1. The van der Waals surface area contributed by atoms with Crippen molar-refractivity contribution in [3.05, 3.63) is 12.2 Å². The molecule has 0 amide bonds. The summed E-state index contributed by atoms with van der Waals surface area (Å²) in [6.45, 7) is 6.95. The molecule has 2 aliphatic heterocycles. The number of carbonyl (C=O) groups is 2. The van der Waals surface area contributed by atoms with Gasteiger partial charge in [-0.05, 0) is 13.8 Å². The van der Waals surface area contributed by atoms with E-state index in [1.165, 1.54) is 0 Å². The highest BCUT2D eigenvalue weighted by molar-refractivity contribution is 5.90. The number of aliphatic hydroxyl groups is 2. The van der Waals surface area contributed by atoms with Gasteiger partial charge in [-0.3, -0.25) is 4.79 Å². The molecule has 7 heteroatoms. The van der Waals surface area contributed by atoms with Gasteiger partial charge in [-0.25, -0.2) is 4.79 Å². The third-order valence-electron chi connectivity index (χ3n) is 6.38. The van der Waals surface area contributed by atoms with Crippen LogP contribution in [0.1, 0.15) is 20.3 Å². The van der Waals surface area contributed by atoms with E-state index in [1.54, 1.807) is 13.8 Å². The van der Waals surface area contributed by atoms with Crippen LogP contribution in [0.5, 0.6) is 0 Å². The molecule has 0 aromatic carbocycles. The highest BCUT2D eigenvalue weighted by atomic mass is 16.7. The van der Waals surface area contributed by atoms with Gasteiger partial charge in [-0.1, -0.05) is 12.2 Å². The molecule has 0 aromatic rings. The zero-order valence-corrected chi connectivity index (χ0v) is 12.3. The van der Waals surface area contributed by atoms with E-state index in [4.69, 9.17) is 9.47 Å². The maximum atomic E-state index is 12.3. The van der Waals surface area contributed by atoms with Gasteiger partial charge in [0.15, 0.2) is 0 Å². The van der Waals surface area contributed by atoms with Crippen LogP contribution < -0.4 is 0 Å². The van der Waals surface area contributed by atoms with E-state index in [9.17, 15) is 24.9 Å². The van der Waals surface area contributed by atoms with Crippen LogP contribution in [-0.2, 0) is 19.1 Å². The van der Waals surface area contributed by atoms with Crippen LogP contribution in [0.4, 0.5) is 0 Å². The van der Waals surface area contributed by atoms with Crippen LogP contribution in [0.15, 0.2) is 12.2 Å². The standard InChI is InChI=1S/C15H18O7/c1-5(2)7-8(11(17)18)14(20)4-6-15(22-6)12(19)21-10(9(7)16)13(14,15)3/h6-10,16,20H,1,4H2,2-3H3,(H,17,18)/t6-,7+,8-,9-,10+,13+,14-,15-/m0/s1. The molecule has 2 aliphatic carbocycles. The lowest BCUT2D eigenvalue weighted by Gasteiger charge is -2.54. The van der Waals surface area contributed by atoms with Crippen molar-refractivity contribution in [2.75, 3.05) is 0 Å². The Morgan fingerprint density at radius 3 is 2.64 bits per heavy atom. The molecular formula is C15H18O7. The molecule has 1 spiro atoms. The summed E-state index contributed by atoms with van der Waals surface area (Å²) in [6.07, 6.45) is -2.76. The van der Waals surface area contributed by atoms with Crippen LogP contribution in [0, 0.1) is 17.3 Å². The average Bonchev–Trinajstić information content (AvgIpc) is 3.01. The van der Waals surface area contributed by atoms with Crippen molar-refractivity contribution in [1.29, 1.82) is 0 Å². The summed E-state index contributed by atoms with van der Waals surface area (Å²) in [5, 5.41) is 31.6. The molecule has 4 fully saturated rings. The van der Waals surface area contributed by atoms with E-state index in [0.717, 1.165) is 0 Å². The summed E-state index contributed by atoms with van der Waals surface area (Å²) in [5.74, 6) is -3.98. The molecule has 0 unspecified atom stereocenters. The molecule has 4 aliphatic rings. The lowest BCUT2D eigenvalue weighted by molar-refractivity contribution is -0.236. The number of hydrogen-bond donors (Lipinski definition) is 3. The first-order chi connectivity index (χ1) is 10.1. The molecule has 7 nitrogen and oxygen atoms in total. The Balaban J connectivity index is 1.95. The van der Waals surface area contributed by atoms with E-state index >= 15 is 0 Å². The van der Waals surface area contributed by atoms with Gasteiger partial charge < -0.3 is 24.8 Å². The number of ether oxygens (including phenoxy) is 2. The Hall–Kier alpha value is -1.44. The minimum Gasteiger partial charge on any atom is -0.481 e. The summed E-state index contributed by atoms with van der Waals surface area (Å²) in [6, 6.07) is 0. The number of carboxylic acids is 1. The quantitative estimate of drug-likeness (QED) is 0.356. The molecule has 8 atom stereocenters. The fraction of sp³-hybridized carbons (Fsp3) is 0.733. The first-order valence-electron chi connectivity index (χ1n) is 7.30. The largest absolute Gasteiger partial charge is 0.481 e. The van der Waals surface area contributed by atoms with Gasteiger partial charge >= 0.3 is 11.9 Å². The fourth-order valence-electron chi connectivity index (χ4n) is 5.30. The smallest absolute Gasteiger partial charge is 0.342 e. The van der Waals surface area contributed by atoms with Crippen molar-refractivity contribution in [1.82, 2.24) is 0 Å². The first-order valence-corrected chi connectivity index (χ1v) is 7.30. The van der Waals surface area contributed by atoms with Crippen molar-refractivity contribution in [3.63, 3.8) is 0 Å². The molecule has 0 aromatic heterocycles. The highest BCUT2D eigenvalue weighted by Gasteiger charge is 2.93. The number of hydrogen-bond acceptors (Lipinski definition) is 6. The summed E-state index contributed by atoms with van der Waals surface area (Å²) in [5.41, 5.74) is -3.85. The Morgan fingerprint density at radius 2 is 2.09 bits per heavy atom.